The van der Waals surface area contributed by atoms with Crippen molar-refractivity contribution in [3.05, 3.63) is 57.8 Å². The van der Waals surface area contributed by atoms with Crippen LogP contribution in [0.4, 0.5) is 18.9 Å². The Labute approximate surface area is 155 Å². The van der Waals surface area contributed by atoms with Gasteiger partial charge in [0, 0.05) is 18.3 Å². The van der Waals surface area contributed by atoms with Crippen molar-refractivity contribution in [2.45, 2.75) is 11.6 Å². The van der Waals surface area contributed by atoms with E-state index >= 15 is 0 Å². The Balaban J connectivity index is 1.60. The van der Waals surface area contributed by atoms with Gasteiger partial charge in [0.05, 0.1) is 11.4 Å². The average Bonchev–Trinajstić information content (AvgIpc) is 3.25. The number of carbonyl (C=O) groups is 1. The van der Waals surface area contributed by atoms with Gasteiger partial charge in [0.25, 0.3) is 0 Å². The number of nitrogens with one attached hydrogen (secondary N) is 1. The monoisotopic (exact) mass is 398 g/mol. The smallest absolute Gasteiger partial charge is 0.234 e. The van der Waals surface area contributed by atoms with Gasteiger partial charge in [-0.15, -0.1) is 21.5 Å². The fourth-order valence-electron chi connectivity index (χ4n) is 2.13. The molecule has 0 spiro atoms. The lowest BCUT2D eigenvalue weighted by Gasteiger charge is -2.07. The summed E-state index contributed by atoms with van der Waals surface area (Å²) in [6.45, 7) is 0. The summed E-state index contributed by atoms with van der Waals surface area (Å²) < 4.78 is 41.4. The predicted molar refractivity (Wildman–Crippen MR) is 93.8 cm³/mol. The molecule has 0 radical (unpaired) electrons. The number of carbonyl (C=O) groups excluding carboxylic acids is 1. The summed E-state index contributed by atoms with van der Waals surface area (Å²) in [6, 6.07) is 5.67. The second-order valence-electron chi connectivity index (χ2n) is 5.27. The Kier molecular flexibility index (Phi) is 5.62. The van der Waals surface area contributed by atoms with E-state index in [1.54, 1.807) is 23.0 Å². The van der Waals surface area contributed by atoms with E-state index in [0.29, 0.717) is 11.6 Å². The van der Waals surface area contributed by atoms with Crippen LogP contribution in [0.3, 0.4) is 0 Å². The molecular weight excluding hydrogens is 385 g/mol. The summed E-state index contributed by atoms with van der Waals surface area (Å²) in [5, 5.41) is 12.9. The highest BCUT2D eigenvalue weighted by atomic mass is 32.2. The molecule has 2 aromatic heterocycles. The van der Waals surface area contributed by atoms with Crippen LogP contribution < -0.4 is 5.32 Å². The van der Waals surface area contributed by atoms with Crippen molar-refractivity contribution in [3.8, 4) is 0 Å². The van der Waals surface area contributed by atoms with Crippen molar-refractivity contribution in [2.75, 3.05) is 11.1 Å². The van der Waals surface area contributed by atoms with Gasteiger partial charge in [0.1, 0.15) is 5.82 Å². The van der Waals surface area contributed by atoms with Crippen molar-refractivity contribution in [3.63, 3.8) is 0 Å². The van der Waals surface area contributed by atoms with Crippen molar-refractivity contribution in [1.29, 1.82) is 0 Å². The maximum absolute atomic E-state index is 13.6. The third-order valence-electron chi connectivity index (χ3n) is 3.48. The molecule has 0 saturated heterocycles. The maximum atomic E-state index is 13.6. The third-order valence-corrected chi connectivity index (χ3v) is 5.38. The first-order valence-electron chi connectivity index (χ1n) is 7.42. The third kappa shape index (κ3) is 4.07. The highest BCUT2D eigenvalue weighted by Gasteiger charge is 2.16. The van der Waals surface area contributed by atoms with E-state index in [0.717, 1.165) is 34.6 Å². The molecule has 1 N–H and O–H groups in total. The van der Waals surface area contributed by atoms with Crippen LogP contribution in [0.25, 0.3) is 0 Å². The van der Waals surface area contributed by atoms with E-state index in [1.807, 2.05) is 17.5 Å². The van der Waals surface area contributed by atoms with Crippen LogP contribution in [0.5, 0.6) is 0 Å². The maximum Gasteiger partial charge on any atom is 0.234 e. The van der Waals surface area contributed by atoms with Crippen molar-refractivity contribution in [2.24, 2.45) is 7.05 Å². The minimum atomic E-state index is -1.62. The van der Waals surface area contributed by atoms with E-state index in [-0.39, 0.29) is 5.75 Å². The Bertz CT molecular complexity index is 928. The average molecular weight is 398 g/mol. The van der Waals surface area contributed by atoms with E-state index in [9.17, 15) is 18.0 Å². The van der Waals surface area contributed by atoms with Gasteiger partial charge in [0.15, 0.2) is 22.6 Å². The molecule has 1 aromatic carbocycles. The van der Waals surface area contributed by atoms with Gasteiger partial charge in [-0.2, -0.15) is 0 Å². The van der Waals surface area contributed by atoms with Crippen LogP contribution in [-0.2, 0) is 18.3 Å². The molecule has 26 heavy (non-hydrogen) atoms. The summed E-state index contributed by atoms with van der Waals surface area (Å²) in [5.41, 5.74) is -0.411. The fraction of sp³-hybridized carbons (Fsp3) is 0.188. The molecule has 0 bridgehead atoms. The van der Waals surface area contributed by atoms with E-state index in [1.165, 1.54) is 0 Å². The highest BCUT2D eigenvalue weighted by molar-refractivity contribution is 7.99. The Morgan fingerprint density at radius 1 is 1.23 bits per heavy atom. The lowest BCUT2D eigenvalue weighted by Crippen LogP contribution is -2.16. The molecule has 3 rings (SSSR count). The molecule has 136 valence electrons. The minimum absolute atomic E-state index is 0.0799. The van der Waals surface area contributed by atoms with E-state index in [2.05, 4.69) is 15.5 Å². The Morgan fingerprint density at radius 2 is 2.04 bits per heavy atom. The number of thioether (sulfide) groups is 1. The highest BCUT2D eigenvalue weighted by Crippen LogP contribution is 2.22. The number of thiophene rings is 1. The summed E-state index contributed by atoms with van der Waals surface area (Å²) in [7, 11) is 1.79. The van der Waals surface area contributed by atoms with Gasteiger partial charge in [0.2, 0.25) is 5.91 Å². The summed E-state index contributed by atoms with van der Waals surface area (Å²) in [6.07, 6.45) is 0.633. The number of aromatic nitrogens is 3. The number of hydrogen-bond acceptors (Lipinski definition) is 5. The van der Waals surface area contributed by atoms with Gasteiger partial charge in [-0.05, 0) is 23.6 Å². The van der Waals surface area contributed by atoms with Gasteiger partial charge in [-0.3, -0.25) is 4.79 Å². The molecule has 1 amide bonds. The number of hydrogen-bond donors (Lipinski definition) is 1. The van der Waals surface area contributed by atoms with E-state index < -0.39 is 29.0 Å². The number of benzene rings is 1. The predicted octanol–water partition coefficient (Wildman–Crippen LogP) is 3.62. The number of amides is 1. The standard InChI is InChI=1S/C16H13F3N4OS2/c1-23-12(7-9-3-2-6-25-9)21-22-16(23)26-8-13(24)20-11-5-4-10(17)14(18)15(11)19/h2-6H,7-8H2,1H3,(H,20,24). The molecule has 0 fully saturated rings. The van der Waals surface area contributed by atoms with Crippen molar-refractivity contribution < 1.29 is 18.0 Å². The first-order valence-corrected chi connectivity index (χ1v) is 9.29. The number of halogens is 3. The van der Waals surface area contributed by atoms with Crippen LogP contribution in [0.1, 0.15) is 10.7 Å². The van der Waals surface area contributed by atoms with Gasteiger partial charge >= 0.3 is 0 Å². The second kappa shape index (κ2) is 7.92. The van der Waals surface area contributed by atoms with Crippen molar-refractivity contribution in [1.82, 2.24) is 14.8 Å². The Hall–Kier alpha value is -2.33. The zero-order valence-electron chi connectivity index (χ0n) is 13.5. The molecule has 10 heteroatoms. The van der Waals surface area contributed by atoms with E-state index in [4.69, 9.17) is 0 Å². The zero-order chi connectivity index (χ0) is 18.7. The summed E-state index contributed by atoms with van der Waals surface area (Å²) >= 11 is 2.73. The fourth-order valence-corrected chi connectivity index (χ4v) is 3.56. The molecule has 0 unspecified atom stereocenters. The quantitative estimate of drug-likeness (QED) is 0.509. The number of anilines is 1. The molecule has 5 nitrogen and oxygen atoms in total. The van der Waals surface area contributed by atoms with Gasteiger partial charge < -0.3 is 9.88 Å². The molecular formula is C16H13F3N4OS2. The zero-order valence-corrected chi connectivity index (χ0v) is 15.1. The normalized spacial score (nSPS) is 10.9. The number of rotatable bonds is 6. The molecule has 0 aliphatic heterocycles. The lowest BCUT2D eigenvalue weighted by atomic mass is 10.3. The molecule has 2 heterocycles. The van der Waals surface area contributed by atoms with Gasteiger partial charge in [-0.25, -0.2) is 13.2 Å². The van der Waals surface area contributed by atoms with Crippen LogP contribution >= 0.6 is 23.1 Å². The molecule has 0 atom stereocenters. The summed E-state index contributed by atoms with van der Waals surface area (Å²) in [5.74, 6) is -4.26. The summed E-state index contributed by atoms with van der Waals surface area (Å²) in [4.78, 5) is 13.1. The topological polar surface area (TPSA) is 59.8 Å². The lowest BCUT2D eigenvalue weighted by molar-refractivity contribution is -0.113. The van der Waals surface area contributed by atoms with Crippen LogP contribution in [0, 0.1) is 17.5 Å². The molecule has 0 aliphatic carbocycles. The first kappa shape index (κ1) is 18.5. The van der Waals surface area contributed by atoms with Crippen LogP contribution in [0.2, 0.25) is 0 Å². The SMILES string of the molecule is Cn1c(Cc2cccs2)nnc1SCC(=O)Nc1ccc(F)c(F)c1F. The Morgan fingerprint density at radius 3 is 2.77 bits per heavy atom. The van der Waals surface area contributed by atoms with Crippen LogP contribution in [0.15, 0.2) is 34.8 Å². The number of nitrogens with zero attached hydrogens (tertiary/aromatic N) is 3. The van der Waals surface area contributed by atoms with Crippen LogP contribution in [-0.4, -0.2) is 26.4 Å². The second-order valence-corrected chi connectivity index (χ2v) is 7.25. The van der Waals surface area contributed by atoms with Gasteiger partial charge in [-0.1, -0.05) is 17.8 Å². The largest absolute Gasteiger partial charge is 0.323 e. The molecule has 0 saturated carbocycles. The van der Waals surface area contributed by atoms with Crippen molar-refractivity contribution >= 4 is 34.7 Å². The molecule has 3 aromatic rings. The first-order chi connectivity index (χ1) is 12.5. The minimum Gasteiger partial charge on any atom is -0.323 e. The molecule has 0 aliphatic rings.